The number of hydrogen-bond acceptors (Lipinski definition) is 5. The Morgan fingerprint density at radius 3 is 2.42 bits per heavy atom. The zero-order chi connectivity index (χ0) is 25.9. The van der Waals surface area contributed by atoms with Crippen LogP contribution in [0.5, 0.6) is 0 Å². The third-order valence-electron chi connectivity index (χ3n) is 5.43. The van der Waals surface area contributed by atoms with Crippen molar-refractivity contribution < 1.29 is 26.4 Å². The maximum absolute atomic E-state index is 13.1. The Hall–Kier alpha value is -3.96. The van der Waals surface area contributed by atoms with Gasteiger partial charge < -0.3 is 10.6 Å². The summed E-state index contributed by atoms with van der Waals surface area (Å²) in [6, 6.07) is 17.4. The van der Waals surface area contributed by atoms with Crippen LogP contribution < -0.4 is 15.4 Å². The number of hydrogen-bond donors (Lipinski definition) is 3. The quantitative estimate of drug-likeness (QED) is 0.328. The van der Waals surface area contributed by atoms with Crippen LogP contribution in [-0.4, -0.2) is 26.4 Å². The van der Waals surface area contributed by atoms with Gasteiger partial charge in [0.05, 0.1) is 27.2 Å². The summed E-state index contributed by atoms with van der Waals surface area (Å²) >= 11 is 0. The molecule has 4 rings (SSSR count). The number of carbonyl (C=O) groups is 1. The molecular weight excluding hydrogens is 493 g/mol. The molecule has 3 aromatic carbocycles. The normalized spacial score (nSPS) is 11.9. The van der Waals surface area contributed by atoms with Gasteiger partial charge in [0.15, 0.2) is 0 Å². The second-order valence-electron chi connectivity index (χ2n) is 7.83. The molecule has 0 bridgehead atoms. The van der Waals surface area contributed by atoms with Gasteiger partial charge >= 0.3 is 6.18 Å². The van der Waals surface area contributed by atoms with Gasteiger partial charge in [0, 0.05) is 23.8 Å². The van der Waals surface area contributed by atoms with Crippen molar-refractivity contribution in [2.75, 3.05) is 12.4 Å². The van der Waals surface area contributed by atoms with Gasteiger partial charge in [-0.25, -0.2) is 13.1 Å². The van der Waals surface area contributed by atoms with Crippen molar-refractivity contribution >= 4 is 38.2 Å². The van der Waals surface area contributed by atoms with E-state index in [1.807, 2.05) is 30.3 Å². The summed E-state index contributed by atoms with van der Waals surface area (Å²) in [7, 11) is -2.60. The number of aromatic nitrogens is 1. The molecule has 7 nitrogen and oxygen atoms in total. The lowest BCUT2D eigenvalue weighted by Crippen LogP contribution is -2.25. The first-order chi connectivity index (χ1) is 17.1. The molecule has 4 aromatic rings. The Labute approximate surface area is 205 Å². The monoisotopic (exact) mass is 514 g/mol. The summed E-state index contributed by atoms with van der Waals surface area (Å²) in [6.45, 7) is 0.147. The van der Waals surface area contributed by atoms with Crippen LogP contribution in [0.4, 0.5) is 24.5 Å². The fourth-order valence-electron chi connectivity index (χ4n) is 3.50. The van der Waals surface area contributed by atoms with Crippen molar-refractivity contribution in [2.24, 2.45) is 0 Å². The molecule has 36 heavy (non-hydrogen) atoms. The summed E-state index contributed by atoms with van der Waals surface area (Å²) in [5, 5.41) is 6.60. The van der Waals surface area contributed by atoms with Gasteiger partial charge in [-0.15, -0.1) is 0 Å². The molecule has 0 aliphatic carbocycles. The van der Waals surface area contributed by atoms with E-state index in [0.29, 0.717) is 5.69 Å². The highest BCUT2D eigenvalue weighted by Gasteiger charge is 2.30. The standard InChI is InChI=1S/C25H21F3N4O3S/c1-29-36(34,35)20-10-11-22(32-19-8-6-18(7-9-19)25(26,27)28)21(14-20)24(33)31-15-16-4-5-17-3-2-12-30-23(17)13-16/h2-14,29,32H,15H2,1H3,(H,31,33). The molecule has 0 spiro atoms. The minimum absolute atomic E-state index is 0.00476. The molecule has 11 heteroatoms. The summed E-state index contributed by atoms with van der Waals surface area (Å²) < 4.78 is 65.4. The van der Waals surface area contributed by atoms with E-state index in [2.05, 4.69) is 20.3 Å². The Kier molecular flexibility index (Phi) is 6.95. The second-order valence-corrected chi connectivity index (χ2v) is 9.71. The Balaban J connectivity index is 1.61. The third kappa shape index (κ3) is 5.64. The molecule has 3 N–H and O–H groups in total. The maximum Gasteiger partial charge on any atom is 0.416 e. The first-order valence-electron chi connectivity index (χ1n) is 10.7. The van der Waals surface area contributed by atoms with E-state index >= 15 is 0 Å². The zero-order valence-corrected chi connectivity index (χ0v) is 19.7. The third-order valence-corrected chi connectivity index (χ3v) is 6.84. The Morgan fingerprint density at radius 1 is 0.972 bits per heavy atom. The van der Waals surface area contributed by atoms with Gasteiger partial charge in [-0.3, -0.25) is 9.78 Å². The number of fused-ring (bicyclic) bond motifs is 1. The van der Waals surface area contributed by atoms with Gasteiger partial charge in [-0.1, -0.05) is 18.2 Å². The first kappa shape index (κ1) is 25.1. The molecular formula is C25H21F3N4O3S. The van der Waals surface area contributed by atoms with Crippen LogP contribution >= 0.6 is 0 Å². The average molecular weight is 515 g/mol. The minimum Gasteiger partial charge on any atom is -0.355 e. The van der Waals surface area contributed by atoms with E-state index in [9.17, 15) is 26.4 Å². The van der Waals surface area contributed by atoms with Gasteiger partial charge in [-0.05, 0) is 67.2 Å². The minimum atomic E-state index is -4.48. The number of rotatable bonds is 7. The highest BCUT2D eigenvalue weighted by Crippen LogP contribution is 2.31. The number of alkyl halides is 3. The van der Waals surface area contributed by atoms with Crippen molar-refractivity contribution in [3.8, 4) is 0 Å². The predicted octanol–water partition coefficient (Wildman–Crippen LogP) is 4.84. The molecule has 0 saturated heterocycles. The van der Waals surface area contributed by atoms with Crippen LogP contribution in [0.1, 0.15) is 21.5 Å². The first-order valence-corrected chi connectivity index (χ1v) is 12.2. The van der Waals surface area contributed by atoms with Gasteiger partial charge in [0.25, 0.3) is 5.91 Å². The number of benzene rings is 3. The van der Waals surface area contributed by atoms with Crippen molar-refractivity contribution in [3.05, 3.63) is 95.7 Å². The lowest BCUT2D eigenvalue weighted by atomic mass is 10.1. The van der Waals surface area contributed by atoms with E-state index in [0.717, 1.165) is 28.6 Å². The molecule has 1 amide bonds. The fourth-order valence-corrected chi connectivity index (χ4v) is 4.26. The van der Waals surface area contributed by atoms with Crippen molar-refractivity contribution in [1.82, 2.24) is 15.0 Å². The Bertz CT molecular complexity index is 1520. The highest BCUT2D eigenvalue weighted by molar-refractivity contribution is 7.89. The van der Waals surface area contributed by atoms with Crippen molar-refractivity contribution in [2.45, 2.75) is 17.6 Å². The lowest BCUT2D eigenvalue weighted by molar-refractivity contribution is -0.137. The van der Waals surface area contributed by atoms with Crippen LogP contribution in [0.15, 0.2) is 83.9 Å². The lowest BCUT2D eigenvalue weighted by Gasteiger charge is -2.15. The van der Waals surface area contributed by atoms with Crippen molar-refractivity contribution in [3.63, 3.8) is 0 Å². The van der Waals surface area contributed by atoms with E-state index in [-0.39, 0.29) is 22.7 Å². The fraction of sp³-hybridized carbons (Fsp3) is 0.120. The smallest absolute Gasteiger partial charge is 0.355 e. The predicted molar refractivity (Wildman–Crippen MR) is 130 cm³/mol. The summed E-state index contributed by atoms with van der Waals surface area (Å²) in [5.74, 6) is -0.571. The number of pyridine rings is 1. The molecule has 0 saturated carbocycles. The molecule has 0 aliphatic heterocycles. The Morgan fingerprint density at radius 2 is 1.72 bits per heavy atom. The van der Waals surface area contributed by atoms with E-state index < -0.39 is 27.7 Å². The number of anilines is 2. The van der Waals surface area contributed by atoms with Crippen LogP contribution in [-0.2, 0) is 22.7 Å². The SMILES string of the molecule is CNS(=O)(=O)c1ccc(Nc2ccc(C(F)(F)F)cc2)c(C(=O)NCc2ccc3cccnc3c2)c1. The van der Waals surface area contributed by atoms with E-state index in [1.165, 1.54) is 37.4 Å². The van der Waals surface area contributed by atoms with Crippen molar-refractivity contribution in [1.29, 1.82) is 0 Å². The second kappa shape index (κ2) is 9.96. The van der Waals surface area contributed by atoms with E-state index in [4.69, 9.17) is 0 Å². The van der Waals surface area contributed by atoms with Crippen LogP contribution in [0.2, 0.25) is 0 Å². The molecule has 0 unspecified atom stereocenters. The van der Waals surface area contributed by atoms with Crippen LogP contribution in [0.3, 0.4) is 0 Å². The maximum atomic E-state index is 13.1. The number of carbonyl (C=O) groups excluding carboxylic acids is 1. The van der Waals surface area contributed by atoms with Gasteiger partial charge in [0.2, 0.25) is 10.0 Å². The summed E-state index contributed by atoms with van der Waals surface area (Å²) in [6.07, 6.45) is -2.82. The van der Waals surface area contributed by atoms with Crippen LogP contribution in [0, 0.1) is 0 Å². The topological polar surface area (TPSA) is 100 Å². The highest BCUT2D eigenvalue weighted by atomic mass is 32.2. The number of nitrogens with one attached hydrogen (secondary N) is 3. The van der Waals surface area contributed by atoms with Crippen LogP contribution in [0.25, 0.3) is 10.9 Å². The number of halogens is 3. The number of sulfonamides is 1. The summed E-state index contributed by atoms with van der Waals surface area (Å²) in [5.41, 5.74) is 1.25. The van der Waals surface area contributed by atoms with E-state index in [1.54, 1.807) is 6.20 Å². The molecule has 0 aliphatic rings. The molecule has 0 fully saturated rings. The zero-order valence-electron chi connectivity index (χ0n) is 18.9. The number of amides is 1. The molecule has 0 atom stereocenters. The van der Waals surface area contributed by atoms with Gasteiger partial charge in [-0.2, -0.15) is 13.2 Å². The molecule has 1 aromatic heterocycles. The molecule has 186 valence electrons. The molecule has 1 heterocycles. The largest absolute Gasteiger partial charge is 0.416 e. The van der Waals surface area contributed by atoms with Gasteiger partial charge in [0.1, 0.15) is 0 Å². The molecule has 0 radical (unpaired) electrons. The summed E-state index contributed by atoms with van der Waals surface area (Å²) in [4.78, 5) is 17.3. The number of nitrogens with zero attached hydrogens (tertiary/aromatic N) is 1. The average Bonchev–Trinajstić information content (AvgIpc) is 2.87.